The van der Waals surface area contributed by atoms with Gasteiger partial charge in [0, 0.05) is 18.0 Å². The van der Waals surface area contributed by atoms with Gasteiger partial charge >= 0.3 is 0 Å². The van der Waals surface area contributed by atoms with Crippen LogP contribution < -0.4 is 5.32 Å². The van der Waals surface area contributed by atoms with E-state index in [2.05, 4.69) is 20.3 Å². The van der Waals surface area contributed by atoms with Gasteiger partial charge in [-0.25, -0.2) is 23.7 Å². The standard InChI is InChI=1S/C15H11F2N5O/c1-9-18-4-5-22(9)15-19-7-11(8-20-15)21-14(23)10-2-3-12(16)13(17)6-10/h2-8H,1H3,(H,21,23). The fourth-order valence-corrected chi connectivity index (χ4v) is 1.94. The molecule has 8 heteroatoms. The van der Waals surface area contributed by atoms with Crippen molar-refractivity contribution in [1.29, 1.82) is 0 Å². The smallest absolute Gasteiger partial charge is 0.255 e. The molecule has 0 aliphatic heterocycles. The zero-order valence-corrected chi connectivity index (χ0v) is 12.0. The molecule has 23 heavy (non-hydrogen) atoms. The minimum atomic E-state index is -1.08. The van der Waals surface area contributed by atoms with Gasteiger partial charge in [-0.1, -0.05) is 0 Å². The van der Waals surface area contributed by atoms with Gasteiger partial charge in [-0.15, -0.1) is 0 Å². The number of anilines is 1. The predicted octanol–water partition coefficient (Wildman–Crippen LogP) is 2.50. The maximum Gasteiger partial charge on any atom is 0.255 e. The number of nitrogens with zero attached hydrogens (tertiary/aromatic N) is 4. The summed E-state index contributed by atoms with van der Waals surface area (Å²) in [5, 5.41) is 2.51. The molecule has 0 radical (unpaired) electrons. The number of aryl methyl sites for hydroxylation is 1. The van der Waals surface area contributed by atoms with Crippen molar-refractivity contribution in [3.63, 3.8) is 0 Å². The monoisotopic (exact) mass is 315 g/mol. The molecule has 3 aromatic rings. The Morgan fingerprint density at radius 1 is 1.13 bits per heavy atom. The second kappa shape index (κ2) is 5.91. The Balaban J connectivity index is 1.76. The molecule has 0 atom stereocenters. The van der Waals surface area contributed by atoms with Gasteiger partial charge in [0.05, 0.1) is 18.1 Å². The topological polar surface area (TPSA) is 72.7 Å². The summed E-state index contributed by atoms with van der Waals surface area (Å²) in [5.74, 6) is -1.54. The summed E-state index contributed by atoms with van der Waals surface area (Å²) in [5.41, 5.74) is 0.333. The van der Waals surface area contributed by atoms with Crippen LogP contribution in [0.5, 0.6) is 0 Å². The number of nitrogens with one attached hydrogen (secondary N) is 1. The third-order valence-corrected chi connectivity index (χ3v) is 3.12. The average Bonchev–Trinajstić information content (AvgIpc) is 2.97. The van der Waals surface area contributed by atoms with E-state index in [-0.39, 0.29) is 5.56 Å². The summed E-state index contributed by atoms with van der Waals surface area (Å²) in [7, 11) is 0. The van der Waals surface area contributed by atoms with Crippen LogP contribution >= 0.6 is 0 Å². The fraction of sp³-hybridized carbons (Fsp3) is 0.0667. The lowest BCUT2D eigenvalue weighted by molar-refractivity contribution is 0.102. The highest BCUT2D eigenvalue weighted by Gasteiger charge is 2.11. The summed E-state index contributed by atoms with van der Waals surface area (Å²) in [6.45, 7) is 1.81. The lowest BCUT2D eigenvalue weighted by Gasteiger charge is -2.07. The first kappa shape index (κ1) is 14.8. The van der Waals surface area contributed by atoms with Gasteiger partial charge in [-0.2, -0.15) is 0 Å². The van der Waals surface area contributed by atoms with E-state index < -0.39 is 17.5 Å². The Morgan fingerprint density at radius 2 is 1.87 bits per heavy atom. The van der Waals surface area contributed by atoms with E-state index in [1.54, 1.807) is 17.0 Å². The van der Waals surface area contributed by atoms with E-state index in [0.29, 0.717) is 11.6 Å². The molecule has 116 valence electrons. The van der Waals surface area contributed by atoms with Gasteiger partial charge in [0.2, 0.25) is 5.95 Å². The maximum absolute atomic E-state index is 13.1. The summed E-state index contributed by atoms with van der Waals surface area (Å²) in [6.07, 6.45) is 6.17. The number of imidazole rings is 1. The number of carbonyl (C=O) groups excluding carboxylic acids is 1. The van der Waals surface area contributed by atoms with Gasteiger partial charge in [0.25, 0.3) is 5.91 Å². The van der Waals surface area contributed by atoms with Gasteiger partial charge in [-0.3, -0.25) is 9.36 Å². The molecule has 0 unspecified atom stereocenters. The number of rotatable bonds is 3. The molecule has 1 aromatic carbocycles. The van der Waals surface area contributed by atoms with Crippen molar-refractivity contribution in [2.24, 2.45) is 0 Å². The van der Waals surface area contributed by atoms with Crippen molar-refractivity contribution in [3.05, 3.63) is 66.0 Å². The maximum atomic E-state index is 13.1. The van der Waals surface area contributed by atoms with Gasteiger partial charge in [0.1, 0.15) is 5.82 Å². The largest absolute Gasteiger partial charge is 0.319 e. The van der Waals surface area contributed by atoms with Crippen LogP contribution in [0.2, 0.25) is 0 Å². The van der Waals surface area contributed by atoms with Crippen molar-refractivity contribution in [2.75, 3.05) is 5.32 Å². The first-order chi connectivity index (χ1) is 11.0. The molecule has 0 bridgehead atoms. The van der Waals surface area contributed by atoms with E-state index in [1.807, 2.05) is 6.92 Å². The SMILES string of the molecule is Cc1nccn1-c1ncc(NC(=O)c2ccc(F)c(F)c2)cn1. The number of hydrogen-bond donors (Lipinski definition) is 1. The Labute approximate surface area is 129 Å². The minimum Gasteiger partial charge on any atom is -0.319 e. The molecule has 2 heterocycles. The van der Waals surface area contributed by atoms with Crippen molar-refractivity contribution in [2.45, 2.75) is 6.92 Å². The fourth-order valence-electron chi connectivity index (χ4n) is 1.94. The van der Waals surface area contributed by atoms with Crippen LogP contribution in [0.1, 0.15) is 16.2 Å². The minimum absolute atomic E-state index is 0.00145. The Bertz CT molecular complexity index is 861. The molecule has 2 aromatic heterocycles. The van der Waals surface area contributed by atoms with Crippen LogP contribution in [0.4, 0.5) is 14.5 Å². The third-order valence-electron chi connectivity index (χ3n) is 3.12. The molecule has 0 saturated heterocycles. The molecule has 0 saturated carbocycles. The molecule has 6 nitrogen and oxygen atoms in total. The summed E-state index contributed by atoms with van der Waals surface area (Å²) in [4.78, 5) is 24.3. The Kier molecular flexibility index (Phi) is 3.80. The summed E-state index contributed by atoms with van der Waals surface area (Å²) < 4.78 is 27.7. The Morgan fingerprint density at radius 3 is 2.48 bits per heavy atom. The average molecular weight is 315 g/mol. The molecule has 0 fully saturated rings. The second-order valence-corrected chi connectivity index (χ2v) is 4.70. The van der Waals surface area contributed by atoms with E-state index >= 15 is 0 Å². The van der Waals surface area contributed by atoms with Crippen molar-refractivity contribution < 1.29 is 13.6 Å². The first-order valence-corrected chi connectivity index (χ1v) is 6.63. The van der Waals surface area contributed by atoms with E-state index in [1.165, 1.54) is 18.5 Å². The van der Waals surface area contributed by atoms with Crippen LogP contribution in [0.3, 0.4) is 0 Å². The van der Waals surface area contributed by atoms with E-state index in [9.17, 15) is 13.6 Å². The van der Waals surface area contributed by atoms with Crippen molar-refractivity contribution in [1.82, 2.24) is 19.5 Å². The number of carbonyl (C=O) groups is 1. The zero-order chi connectivity index (χ0) is 16.4. The van der Waals surface area contributed by atoms with Crippen molar-refractivity contribution >= 4 is 11.6 Å². The highest BCUT2D eigenvalue weighted by atomic mass is 19.2. The van der Waals surface area contributed by atoms with Gasteiger partial charge in [0.15, 0.2) is 11.6 Å². The van der Waals surface area contributed by atoms with E-state index in [0.717, 1.165) is 18.0 Å². The molecule has 1 N–H and O–H groups in total. The molecule has 1 amide bonds. The summed E-state index contributed by atoms with van der Waals surface area (Å²) >= 11 is 0. The van der Waals surface area contributed by atoms with Gasteiger partial charge in [-0.05, 0) is 25.1 Å². The zero-order valence-electron chi connectivity index (χ0n) is 12.0. The van der Waals surface area contributed by atoms with Gasteiger partial charge < -0.3 is 5.32 Å². The lowest BCUT2D eigenvalue weighted by atomic mass is 10.2. The highest BCUT2D eigenvalue weighted by molar-refractivity contribution is 6.04. The molecular formula is C15H11F2N5O. The summed E-state index contributed by atoms with van der Waals surface area (Å²) in [6, 6.07) is 2.91. The number of benzene rings is 1. The predicted molar refractivity (Wildman–Crippen MR) is 78.2 cm³/mol. The second-order valence-electron chi connectivity index (χ2n) is 4.70. The normalized spacial score (nSPS) is 10.6. The highest BCUT2D eigenvalue weighted by Crippen LogP contribution is 2.12. The molecule has 0 aliphatic carbocycles. The molecule has 0 aliphatic rings. The third kappa shape index (κ3) is 3.05. The quantitative estimate of drug-likeness (QED) is 0.806. The number of hydrogen-bond acceptors (Lipinski definition) is 4. The first-order valence-electron chi connectivity index (χ1n) is 6.63. The molecule has 0 spiro atoms. The Hall–Kier alpha value is -3.16. The van der Waals surface area contributed by atoms with E-state index in [4.69, 9.17) is 0 Å². The lowest BCUT2D eigenvalue weighted by Crippen LogP contribution is -2.13. The van der Waals surface area contributed by atoms with Crippen LogP contribution in [-0.2, 0) is 0 Å². The van der Waals surface area contributed by atoms with Crippen LogP contribution in [0.25, 0.3) is 5.95 Å². The number of aromatic nitrogens is 4. The van der Waals surface area contributed by atoms with Crippen LogP contribution in [0.15, 0.2) is 43.0 Å². The van der Waals surface area contributed by atoms with Crippen LogP contribution in [-0.4, -0.2) is 25.4 Å². The number of amides is 1. The number of halogens is 2. The molecule has 3 rings (SSSR count). The van der Waals surface area contributed by atoms with Crippen molar-refractivity contribution in [3.8, 4) is 5.95 Å². The van der Waals surface area contributed by atoms with Crippen LogP contribution in [0, 0.1) is 18.6 Å². The molecular weight excluding hydrogens is 304 g/mol.